The van der Waals surface area contributed by atoms with Crippen LogP contribution in [0.3, 0.4) is 0 Å². The number of hydrogen-bond acceptors (Lipinski definition) is 3. The molecule has 2 aromatic carbocycles. The Balaban J connectivity index is 1.40. The van der Waals surface area contributed by atoms with Gasteiger partial charge in [-0.25, -0.2) is 4.68 Å². The molecule has 4 nitrogen and oxygen atoms in total. The highest BCUT2D eigenvalue weighted by molar-refractivity contribution is 6.35. The number of likely N-dealkylation sites (tertiary alicyclic amines) is 1. The van der Waals surface area contributed by atoms with E-state index in [0.29, 0.717) is 16.0 Å². The van der Waals surface area contributed by atoms with Gasteiger partial charge in [-0.2, -0.15) is 5.10 Å². The van der Waals surface area contributed by atoms with Crippen LogP contribution in [0, 0.1) is 0 Å². The van der Waals surface area contributed by atoms with Crippen LogP contribution >= 0.6 is 23.2 Å². The number of rotatable bonds is 4. The molecule has 0 atom stereocenters. The largest absolute Gasteiger partial charge is 0.370 e. The number of nitrogens with one attached hydrogen (secondary N) is 1. The zero-order valence-corrected chi connectivity index (χ0v) is 19.2. The van der Waals surface area contributed by atoms with Crippen molar-refractivity contribution in [2.75, 3.05) is 25.0 Å². The Morgan fingerprint density at radius 1 is 1.00 bits per heavy atom. The molecule has 0 aliphatic carbocycles. The fourth-order valence-electron chi connectivity index (χ4n) is 4.89. The minimum atomic E-state index is 0.494. The van der Waals surface area contributed by atoms with Crippen molar-refractivity contribution in [1.29, 1.82) is 0 Å². The first-order valence-electron chi connectivity index (χ1n) is 11.3. The van der Waals surface area contributed by atoms with E-state index < -0.39 is 0 Å². The van der Waals surface area contributed by atoms with E-state index in [1.54, 1.807) is 6.07 Å². The van der Waals surface area contributed by atoms with Crippen molar-refractivity contribution in [2.24, 2.45) is 0 Å². The summed E-state index contributed by atoms with van der Waals surface area (Å²) < 4.78 is 2.02. The molecule has 1 fully saturated rings. The summed E-state index contributed by atoms with van der Waals surface area (Å²) in [7, 11) is 0. The molecule has 6 heteroatoms. The Bertz CT molecular complexity index is 1040. The van der Waals surface area contributed by atoms with Crippen LogP contribution in [0.2, 0.25) is 10.0 Å². The lowest BCUT2D eigenvalue weighted by molar-refractivity contribution is 0.203. The first-order chi connectivity index (χ1) is 15.2. The maximum atomic E-state index is 6.56. The summed E-state index contributed by atoms with van der Waals surface area (Å²) in [6.07, 6.45) is 5.74. The lowest BCUT2D eigenvalue weighted by Gasteiger charge is -2.31. The molecular formula is C25H28Cl2N4. The lowest BCUT2D eigenvalue weighted by Crippen LogP contribution is -2.32. The van der Waals surface area contributed by atoms with E-state index in [9.17, 15) is 0 Å². The van der Waals surface area contributed by atoms with Gasteiger partial charge in [0.25, 0.3) is 0 Å². The molecule has 0 bridgehead atoms. The van der Waals surface area contributed by atoms with Gasteiger partial charge in [-0.3, -0.25) is 4.90 Å². The summed E-state index contributed by atoms with van der Waals surface area (Å²) in [5.41, 5.74) is 4.92. The van der Waals surface area contributed by atoms with E-state index in [-0.39, 0.29) is 0 Å². The summed E-state index contributed by atoms with van der Waals surface area (Å²) in [4.78, 5) is 2.57. The number of benzene rings is 2. The molecule has 0 spiro atoms. The summed E-state index contributed by atoms with van der Waals surface area (Å²) in [6.45, 7) is 4.22. The monoisotopic (exact) mass is 454 g/mol. The Morgan fingerprint density at radius 2 is 1.81 bits per heavy atom. The third-order valence-corrected chi connectivity index (χ3v) is 7.06. The molecule has 1 aromatic heterocycles. The van der Waals surface area contributed by atoms with E-state index in [1.807, 2.05) is 16.8 Å². The van der Waals surface area contributed by atoms with Crippen molar-refractivity contribution in [1.82, 2.24) is 14.7 Å². The van der Waals surface area contributed by atoms with Crippen molar-refractivity contribution in [3.05, 3.63) is 75.4 Å². The molecule has 1 N–H and O–H groups in total. The van der Waals surface area contributed by atoms with Gasteiger partial charge in [-0.1, -0.05) is 53.5 Å². The number of anilines is 1. The Labute approximate surface area is 194 Å². The lowest BCUT2D eigenvalue weighted by atomic mass is 9.90. The van der Waals surface area contributed by atoms with Crippen molar-refractivity contribution in [2.45, 2.75) is 44.6 Å². The quantitative estimate of drug-likeness (QED) is 0.501. The fraction of sp³-hybridized carbons (Fsp3) is 0.400. The molecule has 0 radical (unpaired) electrons. The maximum absolute atomic E-state index is 6.56. The summed E-state index contributed by atoms with van der Waals surface area (Å²) in [6, 6.07) is 16.4. The van der Waals surface area contributed by atoms with E-state index in [4.69, 9.17) is 28.3 Å². The molecule has 31 heavy (non-hydrogen) atoms. The van der Waals surface area contributed by atoms with Gasteiger partial charge < -0.3 is 5.32 Å². The molecular weight excluding hydrogens is 427 g/mol. The van der Waals surface area contributed by atoms with Crippen LogP contribution in [0.4, 0.5) is 5.82 Å². The highest BCUT2D eigenvalue weighted by atomic mass is 35.5. The van der Waals surface area contributed by atoms with E-state index in [0.717, 1.165) is 56.9 Å². The fourth-order valence-corrected chi connectivity index (χ4v) is 5.38. The Hall–Kier alpha value is -2.01. The molecule has 2 aliphatic rings. The van der Waals surface area contributed by atoms with Crippen LogP contribution in [0.5, 0.6) is 0 Å². The van der Waals surface area contributed by atoms with Gasteiger partial charge in [0.1, 0.15) is 5.82 Å². The molecule has 2 aliphatic heterocycles. The molecule has 0 saturated carbocycles. The minimum Gasteiger partial charge on any atom is -0.370 e. The average Bonchev–Trinajstić information content (AvgIpc) is 2.96. The molecule has 162 valence electrons. The van der Waals surface area contributed by atoms with Gasteiger partial charge in [0, 0.05) is 29.6 Å². The maximum Gasteiger partial charge on any atom is 0.133 e. The van der Waals surface area contributed by atoms with Crippen LogP contribution in [0.25, 0.3) is 5.69 Å². The predicted molar refractivity (Wildman–Crippen MR) is 129 cm³/mol. The number of piperidine rings is 1. The molecule has 5 rings (SSSR count). The minimum absolute atomic E-state index is 0.494. The summed E-state index contributed by atoms with van der Waals surface area (Å²) >= 11 is 12.7. The van der Waals surface area contributed by atoms with Crippen molar-refractivity contribution >= 4 is 29.0 Å². The molecule has 3 aromatic rings. The number of nitrogens with zero attached hydrogens (tertiary/aromatic N) is 3. The predicted octanol–water partition coefficient (Wildman–Crippen LogP) is 6.31. The number of hydrogen-bond donors (Lipinski definition) is 1. The Morgan fingerprint density at radius 3 is 2.58 bits per heavy atom. The van der Waals surface area contributed by atoms with Gasteiger partial charge in [-0.05, 0) is 69.0 Å². The van der Waals surface area contributed by atoms with E-state index >= 15 is 0 Å². The van der Waals surface area contributed by atoms with Gasteiger partial charge in [0.05, 0.1) is 16.4 Å². The third kappa shape index (κ3) is 4.48. The number of fused-ring (bicyclic) bond motifs is 1. The molecule has 1 saturated heterocycles. The number of halogens is 2. The Kier molecular flexibility index (Phi) is 6.22. The second kappa shape index (κ2) is 9.23. The highest BCUT2D eigenvalue weighted by Crippen LogP contribution is 2.38. The van der Waals surface area contributed by atoms with E-state index in [1.165, 1.54) is 29.7 Å². The SMILES string of the molecule is Clc1ccc(-n2nc(C3CCN(Cc4ccccc4)CC3)c3c2NCCCC3)c(Cl)c1. The van der Waals surface area contributed by atoms with Crippen LogP contribution in [-0.4, -0.2) is 34.3 Å². The molecule has 3 heterocycles. The average molecular weight is 455 g/mol. The van der Waals surface area contributed by atoms with Gasteiger partial charge >= 0.3 is 0 Å². The van der Waals surface area contributed by atoms with Crippen molar-refractivity contribution in [3.63, 3.8) is 0 Å². The standard InChI is InChI=1S/C25H28Cl2N4/c26-20-9-10-23(22(27)16-20)31-25-21(8-4-5-13-28-25)24(29-31)19-11-14-30(15-12-19)17-18-6-2-1-3-7-18/h1-3,6-7,9-10,16,19,28H,4-5,8,11-15,17H2. The number of aromatic nitrogens is 2. The van der Waals surface area contributed by atoms with Crippen LogP contribution in [0.1, 0.15) is 48.4 Å². The van der Waals surface area contributed by atoms with Crippen molar-refractivity contribution in [3.8, 4) is 5.69 Å². The third-order valence-electron chi connectivity index (χ3n) is 6.52. The topological polar surface area (TPSA) is 33.1 Å². The normalized spacial score (nSPS) is 17.7. The second-order valence-electron chi connectivity index (χ2n) is 8.64. The van der Waals surface area contributed by atoms with Crippen molar-refractivity contribution < 1.29 is 0 Å². The van der Waals surface area contributed by atoms with Crippen LogP contribution in [0.15, 0.2) is 48.5 Å². The molecule has 0 amide bonds. The van der Waals surface area contributed by atoms with Crippen LogP contribution < -0.4 is 5.32 Å². The molecule has 0 unspecified atom stereocenters. The van der Waals surface area contributed by atoms with Gasteiger partial charge in [0.15, 0.2) is 0 Å². The highest BCUT2D eigenvalue weighted by Gasteiger charge is 2.29. The van der Waals surface area contributed by atoms with Crippen LogP contribution in [-0.2, 0) is 13.0 Å². The summed E-state index contributed by atoms with van der Waals surface area (Å²) in [5.74, 6) is 1.61. The zero-order valence-electron chi connectivity index (χ0n) is 17.7. The summed E-state index contributed by atoms with van der Waals surface area (Å²) in [5, 5.41) is 10.0. The first-order valence-corrected chi connectivity index (χ1v) is 12.0. The second-order valence-corrected chi connectivity index (χ2v) is 9.48. The van der Waals surface area contributed by atoms with E-state index in [2.05, 4.69) is 40.5 Å². The first kappa shape index (κ1) is 20.9. The van der Waals surface area contributed by atoms with Gasteiger partial charge in [-0.15, -0.1) is 0 Å². The van der Waals surface area contributed by atoms with Gasteiger partial charge in [0.2, 0.25) is 0 Å². The zero-order chi connectivity index (χ0) is 21.2. The smallest absolute Gasteiger partial charge is 0.133 e.